The molecule has 0 fully saturated rings. The van der Waals surface area contributed by atoms with Gasteiger partial charge in [-0.25, -0.2) is 9.97 Å². The molecule has 6 heteroatoms. The predicted molar refractivity (Wildman–Crippen MR) is 91.4 cm³/mol. The molecular weight excluding hydrogens is 292 g/mol. The number of aryl methyl sites for hydroxylation is 1. The molecule has 0 amide bonds. The molecule has 124 valence electrons. The zero-order valence-corrected chi connectivity index (χ0v) is 13.8. The Balaban J connectivity index is 2.16. The zero-order valence-electron chi connectivity index (χ0n) is 13.8. The summed E-state index contributed by atoms with van der Waals surface area (Å²) >= 11 is 0. The second-order valence-corrected chi connectivity index (χ2v) is 6.02. The number of aromatic amines is 1. The molecule has 0 radical (unpaired) electrons. The number of nitrogens with one attached hydrogen (secondary N) is 2. The summed E-state index contributed by atoms with van der Waals surface area (Å²) in [6.07, 6.45) is 3.24. The Morgan fingerprint density at radius 1 is 1.35 bits per heavy atom. The number of H-pyrrole nitrogens is 1. The van der Waals surface area contributed by atoms with E-state index in [9.17, 15) is 9.90 Å². The number of hydrogen-bond donors (Lipinski definition) is 3. The number of nitrogens with zero attached hydrogens (tertiary/aromatic N) is 2. The number of rotatable bonds is 7. The lowest BCUT2D eigenvalue weighted by Gasteiger charge is -2.18. The predicted octanol–water partition coefficient (Wildman–Crippen LogP) is 2.21. The highest BCUT2D eigenvalue weighted by atomic mass is 16.3. The third kappa shape index (κ3) is 4.89. The van der Waals surface area contributed by atoms with E-state index in [1.54, 1.807) is 6.20 Å². The maximum atomic E-state index is 11.6. The molecule has 0 spiro atoms. The fourth-order valence-electron chi connectivity index (χ4n) is 2.40. The van der Waals surface area contributed by atoms with Crippen molar-refractivity contribution >= 4 is 5.82 Å². The lowest BCUT2D eigenvalue weighted by Crippen LogP contribution is -2.26. The molecule has 0 saturated heterocycles. The van der Waals surface area contributed by atoms with Crippen molar-refractivity contribution in [3.8, 4) is 11.4 Å². The van der Waals surface area contributed by atoms with Gasteiger partial charge in [-0.3, -0.25) is 4.79 Å². The Bertz CT molecular complexity index is 680. The molecule has 3 N–H and O–H groups in total. The number of anilines is 1. The Morgan fingerprint density at radius 2 is 2.13 bits per heavy atom. The van der Waals surface area contributed by atoms with Crippen LogP contribution < -0.4 is 10.9 Å². The average molecular weight is 316 g/mol. The van der Waals surface area contributed by atoms with Gasteiger partial charge >= 0.3 is 0 Å². The van der Waals surface area contributed by atoms with Crippen LogP contribution in [0.2, 0.25) is 0 Å². The van der Waals surface area contributed by atoms with Gasteiger partial charge in [0.2, 0.25) is 0 Å². The average Bonchev–Trinajstić information content (AvgIpc) is 2.53. The topological polar surface area (TPSA) is 90.9 Å². The van der Waals surface area contributed by atoms with Gasteiger partial charge in [-0.1, -0.05) is 20.8 Å². The Kier molecular flexibility index (Phi) is 5.87. The van der Waals surface area contributed by atoms with E-state index in [1.807, 2.05) is 19.1 Å². The number of pyridine rings is 1. The molecule has 0 aliphatic heterocycles. The normalized spacial score (nSPS) is 12.4. The van der Waals surface area contributed by atoms with Gasteiger partial charge in [0.15, 0.2) is 0 Å². The summed E-state index contributed by atoms with van der Waals surface area (Å²) in [6, 6.07) is 5.17. The second-order valence-electron chi connectivity index (χ2n) is 6.02. The summed E-state index contributed by atoms with van der Waals surface area (Å²) in [5.41, 5.74) is 1.35. The van der Waals surface area contributed by atoms with Crippen molar-refractivity contribution < 1.29 is 5.11 Å². The number of aromatic nitrogens is 3. The third-order valence-electron chi connectivity index (χ3n) is 3.52. The molecule has 23 heavy (non-hydrogen) atoms. The van der Waals surface area contributed by atoms with Crippen molar-refractivity contribution in [2.45, 2.75) is 39.7 Å². The first kappa shape index (κ1) is 17.1. The maximum Gasteiger partial charge on any atom is 0.251 e. The minimum Gasteiger partial charge on any atom is -0.394 e. The largest absolute Gasteiger partial charge is 0.394 e. The first-order valence-electron chi connectivity index (χ1n) is 7.95. The number of aliphatic hydroxyl groups is 1. The van der Waals surface area contributed by atoms with Crippen LogP contribution in [0.15, 0.2) is 29.2 Å². The molecule has 2 heterocycles. The fourth-order valence-corrected chi connectivity index (χ4v) is 2.40. The summed E-state index contributed by atoms with van der Waals surface area (Å²) < 4.78 is 0. The van der Waals surface area contributed by atoms with Gasteiger partial charge in [0.05, 0.1) is 12.6 Å². The van der Waals surface area contributed by atoms with Crippen LogP contribution in [0.1, 0.15) is 32.9 Å². The highest BCUT2D eigenvalue weighted by Crippen LogP contribution is 2.16. The van der Waals surface area contributed by atoms with E-state index < -0.39 is 0 Å². The van der Waals surface area contributed by atoms with Crippen molar-refractivity contribution in [1.82, 2.24) is 15.0 Å². The van der Waals surface area contributed by atoms with E-state index in [4.69, 9.17) is 0 Å². The van der Waals surface area contributed by atoms with E-state index in [-0.39, 0.29) is 18.2 Å². The van der Waals surface area contributed by atoms with Gasteiger partial charge in [0, 0.05) is 23.5 Å². The Hall–Kier alpha value is -2.21. The van der Waals surface area contributed by atoms with Crippen molar-refractivity contribution in [2.24, 2.45) is 5.92 Å². The second kappa shape index (κ2) is 7.87. The van der Waals surface area contributed by atoms with Crippen LogP contribution in [0.5, 0.6) is 0 Å². The molecule has 6 nitrogen and oxygen atoms in total. The lowest BCUT2D eigenvalue weighted by atomic mass is 10.0. The van der Waals surface area contributed by atoms with Crippen molar-refractivity contribution in [3.05, 3.63) is 40.4 Å². The van der Waals surface area contributed by atoms with Crippen LogP contribution in [-0.2, 0) is 6.42 Å². The molecule has 2 aromatic heterocycles. The van der Waals surface area contributed by atoms with Crippen LogP contribution in [0.25, 0.3) is 11.4 Å². The first-order valence-corrected chi connectivity index (χ1v) is 7.95. The summed E-state index contributed by atoms with van der Waals surface area (Å²) in [5, 5.41) is 12.6. The van der Waals surface area contributed by atoms with Gasteiger partial charge in [0.1, 0.15) is 11.6 Å². The van der Waals surface area contributed by atoms with Crippen LogP contribution in [0, 0.1) is 5.92 Å². The van der Waals surface area contributed by atoms with Crippen LogP contribution >= 0.6 is 0 Å². The molecule has 1 atom stereocenters. The molecule has 0 aliphatic rings. The van der Waals surface area contributed by atoms with E-state index in [1.165, 1.54) is 6.07 Å². The standard InChI is InChI=1S/C17H24N4O2/c1-4-13-8-16(23)21-17(20-13)12-5-6-15(18-9-12)19-14(10-22)7-11(2)3/h5-6,8-9,11,14,22H,4,7,10H2,1-3H3,(H,18,19)(H,20,21,23). The van der Waals surface area contributed by atoms with Crippen molar-refractivity contribution in [1.29, 1.82) is 0 Å². The molecule has 0 aromatic carbocycles. The van der Waals surface area contributed by atoms with Gasteiger partial charge in [-0.15, -0.1) is 0 Å². The minimum absolute atomic E-state index is 0.0188. The van der Waals surface area contributed by atoms with Crippen molar-refractivity contribution in [3.63, 3.8) is 0 Å². The van der Waals surface area contributed by atoms with Crippen molar-refractivity contribution in [2.75, 3.05) is 11.9 Å². The van der Waals surface area contributed by atoms with E-state index in [0.29, 0.717) is 24.0 Å². The molecule has 2 rings (SSSR count). The minimum atomic E-state index is -0.161. The summed E-state index contributed by atoms with van der Waals surface area (Å²) in [6.45, 7) is 6.25. The molecule has 2 aromatic rings. The van der Waals surface area contributed by atoms with Gasteiger partial charge in [-0.2, -0.15) is 0 Å². The maximum absolute atomic E-state index is 11.6. The monoisotopic (exact) mass is 316 g/mol. The zero-order chi connectivity index (χ0) is 16.8. The summed E-state index contributed by atoms with van der Waals surface area (Å²) in [4.78, 5) is 23.1. The van der Waals surface area contributed by atoms with E-state index in [0.717, 1.165) is 17.7 Å². The Labute approximate surface area is 136 Å². The lowest BCUT2D eigenvalue weighted by molar-refractivity contribution is 0.259. The molecule has 0 aliphatic carbocycles. The van der Waals surface area contributed by atoms with Gasteiger partial charge in [-0.05, 0) is 30.9 Å². The summed E-state index contributed by atoms with van der Waals surface area (Å²) in [7, 11) is 0. The highest BCUT2D eigenvalue weighted by molar-refractivity contribution is 5.56. The molecule has 1 unspecified atom stereocenters. The highest BCUT2D eigenvalue weighted by Gasteiger charge is 2.10. The first-order chi connectivity index (χ1) is 11.0. The smallest absolute Gasteiger partial charge is 0.251 e. The van der Waals surface area contributed by atoms with E-state index in [2.05, 4.69) is 34.1 Å². The summed E-state index contributed by atoms with van der Waals surface area (Å²) in [5.74, 6) is 1.71. The quantitative estimate of drug-likeness (QED) is 0.728. The fraction of sp³-hybridized carbons (Fsp3) is 0.471. The van der Waals surface area contributed by atoms with Gasteiger partial charge < -0.3 is 15.4 Å². The van der Waals surface area contributed by atoms with Crippen LogP contribution in [0.3, 0.4) is 0 Å². The number of hydrogen-bond acceptors (Lipinski definition) is 5. The SMILES string of the molecule is CCc1cc(=O)[nH]c(-c2ccc(NC(CO)CC(C)C)nc2)n1. The van der Waals surface area contributed by atoms with Crippen LogP contribution in [-0.4, -0.2) is 32.7 Å². The number of aliphatic hydroxyl groups excluding tert-OH is 1. The molecule has 0 saturated carbocycles. The Morgan fingerprint density at radius 3 is 2.70 bits per heavy atom. The third-order valence-corrected chi connectivity index (χ3v) is 3.52. The molecule has 0 bridgehead atoms. The molecular formula is C17H24N4O2. The van der Waals surface area contributed by atoms with Crippen LogP contribution in [0.4, 0.5) is 5.82 Å². The van der Waals surface area contributed by atoms with E-state index >= 15 is 0 Å². The van der Waals surface area contributed by atoms with Gasteiger partial charge in [0.25, 0.3) is 5.56 Å².